The molecule has 7 nitrogen and oxygen atoms in total. The van der Waals surface area contributed by atoms with Gasteiger partial charge in [0.05, 0.1) is 16.9 Å². The first-order valence-corrected chi connectivity index (χ1v) is 13.1. The molecule has 0 radical (unpaired) electrons. The first-order valence-electron chi connectivity index (χ1n) is 10.2. The number of methoxy groups -OCH3 is 1. The van der Waals surface area contributed by atoms with E-state index in [9.17, 15) is 16.8 Å². The van der Waals surface area contributed by atoms with Gasteiger partial charge in [-0.25, -0.2) is 21.6 Å². The fourth-order valence-corrected chi connectivity index (χ4v) is 6.31. The van der Waals surface area contributed by atoms with Crippen molar-refractivity contribution in [2.75, 3.05) is 20.2 Å². The van der Waals surface area contributed by atoms with Crippen LogP contribution in [0.25, 0.3) is 0 Å². The summed E-state index contributed by atoms with van der Waals surface area (Å²) >= 11 is 0. The Kier molecular flexibility index (Phi) is 6.81. The molecule has 0 bridgehead atoms. The van der Waals surface area contributed by atoms with Crippen molar-refractivity contribution in [2.24, 2.45) is 0 Å². The van der Waals surface area contributed by atoms with Gasteiger partial charge in [0.1, 0.15) is 5.75 Å². The summed E-state index contributed by atoms with van der Waals surface area (Å²) in [6, 6.07) is 12.8. The van der Waals surface area contributed by atoms with Crippen molar-refractivity contribution in [1.82, 2.24) is 9.03 Å². The van der Waals surface area contributed by atoms with E-state index < -0.39 is 20.0 Å². The first kappa shape index (κ1) is 23.7. The largest absolute Gasteiger partial charge is 0.497 e. The van der Waals surface area contributed by atoms with Gasteiger partial charge in [0.25, 0.3) is 0 Å². The molecule has 1 aliphatic rings. The Bertz CT molecular complexity index is 1100. The topological polar surface area (TPSA) is 92.8 Å². The highest BCUT2D eigenvalue weighted by atomic mass is 32.2. The molecular formula is C22H30N2O5S2. The number of sulfonamides is 2. The Morgan fingerprint density at radius 2 is 1.39 bits per heavy atom. The van der Waals surface area contributed by atoms with E-state index in [0.717, 1.165) is 5.56 Å². The maximum Gasteiger partial charge on any atom is 0.243 e. The van der Waals surface area contributed by atoms with E-state index in [1.807, 2.05) is 12.1 Å². The van der Waals surface area contributed by atoms with Gasteiger partial charge in [0, 0.05) is 19.1 Å². The van der Waals surface area contributed by atoms with Crippen LogP contribution in [0.3, 0.4) is 0 Å². The molecule has 0 spiro atoms. The second-order valence-corrected chi connectivity index (χ2v) is 12.4. The smallest absolute Gasteiger partial charge is 0.243 e. The quantitative estimate of drug-likeness (QED) is 0.706. The molecule has 1 saturated heterocycles. The van der Waals surface area contributed by atoms with E-state index in [4.69, 9.17) is 4.74 Å². The minimum Gasteiger partial charge on any atom is -0.497 e. The maximum absolute atomic E-state index is 12.9. The van der Waals surface area contributed by atoms with Gasteiger partial charge in [-0.2, -0.15) is 4.31 Å². The van der Waals surface area contributed by atoms with Crippen LogP contribution in [-0.2, 0) is 25.5 Å². The minimum atomic E-state index is -3.67. The zero-order valence-corrected chi connectivity index (χ0v) is 20.0. The van der Waals surface area contributed by atoms with E-state index in [2.05, 4.69) is 25.5 Å². The maximum atomic E-state index is 12.9. The van der Waals surface area contributed by atoms with Crippen LogP contribution < -0.4 is 9.46 Å². The lowest BCUT2D eigenvalue weighted by Gasteiger charge is -2.31. The highest BCUT2D eigenvalue weighted by Gasteiger charge is 2.31. The SMILES string of the molecule is COc1ccc(S(=O)(=O)N2CCC(NS(=O)(=O)c3ccc(C(C)(C)C)cc3)CC2)cc1. The average Bonchev–Trinajstić information content (AvgIpc) is 2.73. The summed E-state index contributed by atoms with van der Waals surface area (Å²) in [4.78, 5) is 0.417. The van der Waals surface area contributed by atoms with Crippen LogP contribution in [0, 0.1) is 0 Å². The number of benzene rings is 2. The Morgan fingerprint density at radius 1 is 0.871 bits per heavy atom. The molecule has 0 aromatic heterocycles. The number of nitrogens with one attached hydrogen (secondary N) is 1. The molecule has 1 heterocycles. The lowest BCUT2D eigenvalue weighted by molar-refractivity contribution is 0.308. The zero-order chi connectivity index (χ0) is 22.9. The third-order valence-electron chi connectivity index (χ3n) is 5.50. The predicted molar refractivity (Wildman–Crippen MR) is 120 cm³/mol. The Morgan fingerprint density at radius 3 is 1.87 bits per heavy atom. The highest BCUT2D eigenvalue weighted by molar-refractivity contribution is 7.89. The van der Waals surface area contributed by atoms with Crippen molar-refractivity contribution in [3.63, 3.8) is 0 Å². The van der Waals surface area contributed by atoms with Gasteiger partial charge in [-0.1, -0.05) is 32.9 Å². The van der Waals surface area contributed by atoms with Gasteiger partial charge in [0.15, 0.2) is 0 Å². The zero-order valence-electron chi connectivity index (χ0n) is 18.3. The molecule has 170 valence electrons. The molecule has 0 saturated carbocycles. The number of rotatable bonds is 6. The van der Waals surface area contributed by atoms with Crippen LogP contribution >= 0.6 is 0 Å². The molecule has 0 amide bonds. The summed E-state index contributed by atoms with van der Waals surface area (Å²) < 4.78 is 60.5. The normalized spacial score (nSPS) is 16.9. The van der Waals surface area contributed by atoms with Gasteiger partial charge in [-0.05, 0) is 60.2 Å². The lowest BCUT2D eigenvalue weighted by Crippen LogP contribution is -2.46. The predicted octanol–water partition coefficient (Wildman–Crippen LogP) is 3.12. The Hall–Kier alpha value is -1.94. The standard InChI is InChI=1S/C22H30N2O5S2/c1-22(2,3)17-5-9-20(10-6-17)30(25,26)23-18-13-15-24(16-14-18)31(27,28)21-11-7-19(29-4)8-12-21/h5-12,18,23H,13-16H2,1-4H3. The molecular weight excluding hydrogens is 436 g/mol. The summed E-state index contributed by atoms with van der Waals surface area (Å²) in [5, 5.41) is 0. The Balaban J connectivity index is 1.63. The third-order valence-corrected chi connectivity index (χ3v) is 8.95. The minimum absolute atomic E-state index is 0.0576. The van der Waals surface area contributed by atoms with Gasteiger partial charge in [-0.3, -0.25) is 0 Å². The summed E-state index contributed by atoms with van der Waals surface area (Å²) in [6.45, 7) is 6.72. The molecule has 0 unspecified atom stereocenters. The summed E-state index contributed by atoms with van der Waals surface area (Å²) in [5.74, 6) is 0.586. The highest BCUT2D eigenvalue weighted by Crippen LogP contribution is 2.25. The van der Waals surface area contributed by atoms with Gasteiger partial charge < -0.3 is 4.74 Å². The van der Waals surface area contributed by atoms with Crippen LogP contribution in [0.1, 0.15) is 39.2 Å². The average molecular weight is 467 g/mol. The number of piperidine rings is 1. The van der Waals surface area contributed by atoms with Crippen LogP contribution in [-0.4, -0.2) is 47.4 Å². The summed E-state index contributed by atoms with van der Waals surface area (Å²) in [7, 11) is -5.77. The van der Waals surface area contributed by atoms with E-state index >= 15 is 0 Å². The van der Waals surface area contributed by atoms with Crippen molar-refractivity contribution < 1.29 is 21.6 Å². The lowest BCUT2D eigenvalue weighted by atomic mass is 9.87. The van der Waals surface area contributed by atoms with Crippen molar-refractivity contribution in [1.29, 1.82) is 0 Å². The Labute approximate surface area is 185 Å². The number of nitrogens with zero attached hydrogens (tertiary/aromatic N) is 1. The number of ether oxygens (including phenoxy) is 1. The van der Waals surface area contributed by atoms with E-state index in [1.54, 1.807) is 24.3 Å². The summed E-state index contributed by atoms with van der Waals surface area (Å²) in [5.41, 5.74) is 1.00. The van der Waals surface area contributed by atoms with Crippen molar-refractivity contribution in [3.05, 3.63) is 54.1 Å². The van der Waals surface area contributed by atoms with Crippen LogP contribution in [0.5, 0.6) is 5.75 Å². The van der Waals surface area contributed by atoms with Crippen molar-refractivity contribution >= 4 is 20.0 Å². The first-order chi connectivity index (χ1) is 14.4. The molecule has 1 fully saturated rings. The monoisotopic (exact) mass is 466 g/mol. The molecule has 1 N–H and O–H groups in total. The number of hydrogen-bond donors (Lipinski definition) is 1. The molecule has 1 aliphatic heterocycles. The molecule has 2 aromatic carbocycles. The molecule has 31 heavy (non-hydrogen) atoms. The molecule has 0 atom stereocenters. The van der Waals surface area contributed by atoms with E-state index in [1.165, 1.54) is 23.5 Å². The van der Waals surface area contributed by atoms with Crippen LogP contribution in [0.4, 0.5) is 0 Å². The molecule has 0 aliphatic carbocycles. The van der Waals surface area contributed by atoms with Crippen molar-refractivity contribution in [2.45, 2.75) is 54.9 Å². The molecule has 3 rings (SSSR count). The van der Waals surface area contributed by atoms with Crippen LogP contribution in [0.2, 0.25) is 0 Å². The van der Waals surface area contributed by atoms with Gasteiger partial charge in [0.2, 0.25) is 20.0 Å². The van der Waals surface area contributed by atoms with Crippen molar-refractivity contribution in [3.8, 4) is 5.75 Å². The fraction of sp³-hybridized carbons (Fsp3) is 0.455. The van der Waals surface area contributed by atoms with E-state index in [-0.39, 0.29) is 34.3 Å². The second-order valence-electron chi connectivity index (χ2n) is 8.75. The third kappa shape index (κ3) is 5.46. The van der Waals surface area contributed by atoms with Crippen LogP contribution in [0.15, 0.2) is 58.3 Å². The fourth-order valence-electron chi connectivity index (χ4n) is 3.53. The van der Waals surface area contributed by atoms with Gasteiger partial charge >= 0.3 is 0 Å². The van der Waals surface area contributed by atoms with E-state index in [0.29, 0.717) is 18.6 Å². The number of hydrogen-bond acceptors (Lipinski definition) is 5. The summed E-state index contributed by atoms with van der Waals surface area (Å²) in [6.07, 6.45) is 0.823. The van der Waals surface area contributed by atoms with Gasteiger partial charge in [-0.15, -0.1) is 0 Å². The second kappa shape index (κ2) is 8.90. The molecule has 2 aromatic rings. The molecule has 9 heteroatoms.